The second-order valence-corrected chi connectivity index (χ2v) is 5.40. The van der Waals surface area contributed by atoms with Gasteiger partial charge >= 0.3 is 12.0 Å². The topological polar surface area (TPSA) is 89.9 Å². The number of rotatable bonds is 4. The first-order valence-corrected chi connectivity index (χ1v) is 7.05. The molecule has 0 radical (unpaired) electrons. The molecule has 1 saturated heterocycles. The van der Waals surface area contributed by atoms with Crippen LogP contribution in [0.2, 0.25) is 0 Å². The van der Waals surface area contributed by atoms with E-state index in [1.54, 1.807) is 17.0 Å². The van der Waals surface area contributed by atoms with Crippen molar-refractivity contribution in [2.45, 2.75) is 38.3 Å². The number of nitrogens with one attached hydrogen (secondary N) is 1. The van der Waals surface area contributed by atoms with Crippen LogP contribution in [0, 0.1) is 0 Å². The van der Waals surface area contributed by atoms with Gasteiger partial charge in [0.15, 0.2) is 0 Å². The number of aliphatic carboxylic acids is 1. The van der Waals surface area contributed by atoms with E-state index in [0.29, 0.717) is 6.54 Å². The van der Waals surface area contributed by atoms with Crippen molar-refractivity contribution in [3.8, 4) is 5.75 Å². The van der Waals surface area contributed by atoms with Gasteiger partial charge in [0.25, 0.3) is 0 Å². The molecule has 2 amide bonds. The van der Waals surface area contributed by atoms with Gasteiger partial charge in [-0.1, -0.05) is 12.1 Å². The third kappa shape index (κ3) is 3.87. The molecule has 3 N–H and O–H groups in total. The van der Waals surface area contributed by atoms with Crippen LogP contribution in [0.5, 0.6) is 5.75 Å². The Morgan fingerprint density at radius 2 is 2.05 bits per heavy atom. The molecule has 1 aromatic carbocycles. The van der Waals surface area contributed by atoms with E-state index in [-0.39, 0.29) is 24.2 Å². The highest BCUT2D eigenvalue weighted by Crippen LogP contribution is 2.17. The minimum Gasteiger partial charge on any atom is -0.508 e. The summed E-state index contributed by atoms with van der Waals surface area (Å²) in [6.45, 7) is 2.63. The highest BCUT2D eigenvalue weighted by atomic mass is 16.4. The van der Waals surface area contributed by atoms with Gasteiger partial charge in [-0.2, -0.15) is 0 Å². The summed E-state index contributed by atoms with van der Waals surface area (Å²) in [5.74, 6) is -0.941. The smallest absolute Gasteiger partial charge is 0.326 e. The van der Waals surface area contributed by atoms with Gasteiger partial charge in [-0.05, 0) is 37.5 Å². The van der Waals surface area contributed by atoms with Crippen LogP contribution in [0.1, 0.15) is 25.3 Å². The number of carboxylic acids is 1. The largest absolute Gasteiger partial charge is 0.508 e. The van der Waals surface area contributed by atoms with Crippen molar-refractivity contribution in [3.05, 3.63) is 29.8 Å². The van der Waals surface area contributed by atoms with E-state index in [4.69, 9.17) is 0 Å². The molecule has 0 bridgehead atoms. The number of likely N-dealkylation sites (tertiary alicyclic amines) is 1. The van der Waals surface area contributed by atoms with E-state index in [1.807, 2.05) is 6.92 Å². The van der Waals surface area contributed by atoms with E-state index in [0.717, 1.165) is 18.4 Å². The fourth-order valence-electron chi connectivity index (χ4n) is 2.53. The van der Waals surface area contributed by atoms with Gasteiger partial charge in [-0.15, -0.1) is 0 Å². The normalized spacial score (nSPS) is 19.3. The zero-order valence-corrected chi connectivity index (χ0v) is 12.0. The molecule has 2 rings (SSSR count). The number of carbonyl (C=O) groups is 2. The van der Waals surface area contributed by atoms with Crippen LogP contribution < -0.4 is 5.32 Å². The summed E-state index contributed by atoms with van der Waals surface area (Å²) in [6.07, 6.45) is 2.08. The van der Waals surface area contributed by atoms with Crippen LogP contribution >= 0.6 is 0 Å². The first kappa shape index (κ1) is 15.2. The van der Waals surface area contributed by atoms with Crippen LogP contribution in [-0.4, -0.2) is 45.7 Å². The molecule has 6 nitrogen and oxygen atoms in total. The third-order valence-corrected chi connectivity index (χ3v) is 3.79. The maximum absolute atomic E-state index is 12.1. The molecule has 21 heavy (non-hydrogen) atoms. The maximum atomic E-state index is 12.1. The lowest BCUT2D eigenvalue weighted by atomic mass is 10.1. The summed E-state index contributed by atoms with van der Waals surface area (Å²) < 4.78 is 0. The van der Waals surface area contributed by atoms with E-state index in [9.17, 15) is 19.8 Å². The summed E-state index contributed by atoms with van der Waals surface area (Å²) in [5, 5.41) is 21.1. The van der Waals surface area contributed by atoms with Crippen LogP contribution in [0.15, 0.2) is 24.3 Å². The summed E-state index contributed by atoms with van der Waals surface area (Å²) in [4.78, 5) is 25.1. The quantitative estimate of drug-likeness (QED) is 0.786. The molecule has 6 heteroatoms. The van der Waals surface area contributed by atoms with Crippen molar-refractivity contribution >= 4 is 12.0 Å². The fourth-order valence-corrected chi connectivity index (χ4v) is 2.53. The average molecular weight is 292 g/mol. The maximum Gasteiger partial charge on any atom is 0.326 e. The lowest BCUT2D eigenvalue weighted by Crippen LogP contribution is -2.49. The van der Waals surface area contributed by atoms with Gasteiger partial charge < -0.3 is 20.4 Å². The molecule has 0 aliphatic carbocycles. The minimum atomic E-state index is -1.07. The molecular formula is C15H20N2O4. The van der Waals surface area contributed by atoms with Crippen molar-refractivity contribution in [2.24, 2.45) is 0 Å². The first-order valence-electron chi connectivity index (χ1n) is 7.05. The predicted molar refractivity (Wildman–Crippen MR) is 77.2 cm³/mol. The van der Waals surface area contributed by atoms with Crippen molar-refractivity contribution < 1.29 is 19.8 Å². The van der Waals surface area contributed by atoms with Gasteiger partial charge in [0, 0.05) is 19.0 Å². The van der Waals surface area contributed by atoms with Crippen LogP contribution in [0.3, 0.4) is 0 Å². The van der Waals surface area contributed by atoms with E-state index in [1.165, 1.54) is 12.1 Å². The van der Waals surface area contributed by atoms with Crippen LogP contribution in [-0.2, 0) is 11.2 Å². The van der Waals surface area contributed by atoms with Crippen molar-refractivity contribution in [1.82, 2.24) is 10.2 Å². The van der Waals surface area contributed by atoms with Gasteiger partial charge in [0.1, 0.15) is 11.8 Å². The SMILES string of the molecule is CC1CCCN1C(=O)N[C@H](Cc1ccc(O)cc1)C(=O)O. The number of phenols is 1. The summed E-state index contributed by atoms with van der Waals surface area (Å²) in [6, 6.07) is 5.14. The fraction of sp³-hybridized carbons (Fsp3) is 0.467. The number of carbonyl (C=O) groups excluding carboxylic acids is 1. The number of hydrogen-bond acceptors (Lipinski definition) is 3. The molecule has 0 aromatic heterocycles. The molecule has 1 heterocycles. The molecule has 114 valence electrons. The number of hydrogen-bond donors (Lipinski definition) is 3. The van der Waals surface area contributed by atoms with E-state index in [2.05, 4.69) is 5.32 Å². The molecule has 1 aromatic rings. The van der Waals surface area contributed by atoms with Gasteiger partial charge in [-0.25, -0.2) is 9.59 Å². The lowest BCUT2D eigenvalue weighted by Gasteiger charge is -2.24. The predicted octanol–water partition coefficient (Wildman–Crippen LogP) is 1.58. The number of urea groups is 1. The Labute approximate surface area is 123 Å². The lowest BCUT2D eigenvalue weighted by molar-refractivity contribution is -0.139. The number of phenolic OH excluding ortho intramolecular Hbond substituents is 1. The Morgan fingerprint density at radius 1 is 1.38 bits per heavy atom. The Morgan fingerprint density at radius 3 is 2.57 bits per heavy atom. The summed E-state index contributed by atoms with van der Waals surface area (Å²) in [7, 11) is 0. The Bertz CT molecular complexity index is 515. The second-order valence-electron chi connectivity index (χ2n) is 5.40. The van der Waals surface area contributed by atoms with E-state index < -0.39 is 12.0 Å². The van der Waals surface area contributed by atoms with E-state index >= 15 is 0 Å². The Kier molecular flexibility index (Phi) is 4.67. The Hall–Kier alpha value is -2.24. The third-order valence-electron chi connectivity index (χ3n) is 3.79. The van der Waals surface area contributed by atoms with Crippen molar-refractivity contribution in [2.75, 3.05) is 6.54 Å². The molecule has 0 spiro atoms. The summed E-state index contributed by atoms with van der Waals surface area (Å²) in [5.41, 5.74) is 0.745. The van der Waals surface area contributed by atoms with Crippen molar-refractivity contribution in [1.29, 1.82) is 0 Å². The molecule has 1 fully saturated rings. The number of carboxylic acid groups (broad SMARTS) is 1. The van der Waals surface area contributed by atoms with Gasteiger partial charge in [-0.3, -0.25) is 0 Å². The monoisotopic (exact) mass is 292 g/mol. The number of benzene rings is 1. The molecule has 1 aliphatic heterocycles. The minimum absolute atomic E-state index is 0.126. The van der Waals surface area contributed by atoms with Gasteiger partial charge in [0.05, 0.1) is 0 Å². The first-order chi connectivity index (χ1) is 9.97. The molecule has 1 unspecified atom stereocenters. The molecule has 1 aliphatic rings. The van der Waals surface area contributed by atoms with Crippen LogP contribution in [0.4, 0.5) is 4.79 Å². The van der Waals surface area contributed by atoms with Crippen LogP contribution in [0.25, 0.3) is 0 Å². The van der Waals surface area contributed by atoms with Gasteiger partial charge in [0.2, 0.25) is 0 Å². The number of nitrogens with zero attached hydrogens (tertiary/aromatic N) is 1. The zero-order chi connectivity index (χ0) is 15.4. The molecule has 0 saturated carbocycles. The highest BCUT2D eigenvalue weighted by molar-refractivity contribution is 5.83. The second kappa shape index (κ2) is 6.47. The summed E-state index contributed by atoms with van der Waals surface area (Å²) >= 11 is 0. The number of amides is 2. The molecule has 2 atom stereocenters. The number of aromatic hydroxyl groups is 1. The Balaban J connectivity index is 2.00. The van der Waals surface area contributed by atoms with Crippen molar-refractivity contribution in [3.63, 3.8) is 0 Å². The standard InChI is InChI=1S/C15H20N2O4/c1-10-3-2-8-17(10)15(21)16-13(14(19)20)9-11-4-6-12(18)7-5-11/h4-7,10,13,18H,2-3,8-9H2,1H3,(H,16,21)(H,19,20)/t10?,13-/m1/s1. The zero-order valence-electron chi connectivity index (χ0n) is 12.0. The highest BCUT2D eigenvalue weighted by Gasteiger charge is 2.28. The average Bonchev–Trinajstić information content (AvgIpc) is 2.86. The molecular weight excluding hydrogens is 272 g/mol.